The summed E-state index contributed by atoms with van der Waals surface area (Å²) in [4.78, 5) is 17.3. The third kappa shape index (κ3) is 4.22. The van der Waals surface area contributed by atoms with Crippen molar-refractivity contribution in [1.82, 2.24) is 19.8 Å². The van der Waals surface area contributed by atoms with Crippen molar-refractivity contribution < 1.29 is 9.90 Å². The van der Waals surface area contributed by atoms with Gasteiger partial charge in [-0.15, -0.1) is 11.6 Å². The molecule has 2 saturated heterocycles. The number of nitrogens with zero attached hydrogens (tertiary/aromatic N) is 4. The van der Waals surface area contributed by atoms with Gasteiger partial charge < -0.3 is 20.2 Å². The maximum absolute atomic E-state index is 12.9. The molecule has 0 unspecified atom stereocenters. The van der Waals surface area contributed by atoms with Crippen LogP contribution in [0.25, 0.3) is 5.52 Å². The number of pyridine rings is 1. The van der Waals surface area contributed by atoms with Gasteiger partial charge in [0.2, 0.25) is 0 Å². The summed E-state index contributed by atoms with van der Waals surface area (Å²) in [5, 5.41) is 16.7. The van der Waals surface area contributed by atoms with Crippen LogP contribution in [0, 0.1) is 0 Å². The van der Waals surface area contributed by atoms with E-state index in [0.717, 1.165) is 30.0 Å². The number of rotatable bonds is 7. The van der Waals surface area contributed by atoms with Crippen LogP contribution in [0.15, 0.2) is 60.7 Å². The average molecular weight is 428 g/mol. The van der Waals surface area contributed by atoms with E-state index in [1.54, 1.807) is 22.9 Å². The van der Waals surface area contributed by atoms with Gasteiger partial charge in [-0.05, 0) is 43.2 Å². The van der Waals surface area contributed by atoms with Gasteiger partial charge in [0.05, 0.1) is 29.3 Å². The topological polar surface area (TPSA) is 73.1 Å². The average Bonchev–Trinajstić information content (AvgIpc) is 3.41. The smallest absolute Gasteiger partial charge is 0.259 e. The van der Waals surface area contributed by atoms with Gasteiger partial charge in [-0.1, -0.05) is 6.58 Å². The van der Waals surface area contributed by atoms with Crippen molar-refractivity contribution in [3.63, 3.8) is 0 Å². The summed E-state index contributed by atoms with van der Waals surface area (Å²) in [6.07, 6.45) is 10.8. The van der Waals surface area contributed by atoms with Gasteiger partial charge in [0.1, 0.15) is 0 Å². The first-order valence-corrected chi connectivity index (χ1v) is 10.7. The van der Waals surface area contributed by atoms with E-state index >= 15 is 0 Å². The highest BCUT2D eigenvalue weighted by Crippen LogP contribution is 2.23. The molecule has 2 N–H and O–H groups in total. The van der Waals surface area contributed by atoms with E-state index in [1.165, 1.54) is 12.8 Å². The summed E-state index contributed by atoms with van der Waals surface area (Å²) in [7, 11) is 0. The van der Waals surface area contributed by atoms with E-state index in [4.69, 9.17) is 11.6 Å². The van der Waals surface area contributed by atoms with Crippen LogP contribution >= 0.6 is 11.6 Å². The first kappa shape index (κ1) is 20.5. The molecule has 0 bridgehead atoms. The van der Waals surface area contributed by atoms with Gasteiger partial charge in [0, 0.05) is 49.5 Å². The first-order valence-electron chi connectivity index (χ1n) is 10.1. The van der Waals surface area contributed by atoms with Gasteiger partial charge >= 0.3 is 0 Å². The van der Waals surface area contributed by atoms with Gasteiger partial charge in [-0.2, -0.15) is 5.10 Å². The largest absolute Gasteiger partial charge is 0.389 e. The molecule has 2 aromatic rings. The summed E-state index contributed by atoms with van der Waals surface area (Å²) in [6, 6.07) is 4.05. The van der Waals surface area contributed by atoms with Crippen molar-refractivity contribution in [2.75, 3.05) is 37.0 Å². The molecule has 158 valence electrons. The second kappa shape index (κ2) is 8.93. The summed E-state index contributed by atoms with van der Waals surface area (Å²) in [5.74, 6) is 0.0875. The number of aliphatic hydroxyl groups is 1. The molecule has 0 aliphatic carbocycles. The van der Waals surface area contributed by atoms with Crippen LogP contribution in [-0.2, 0) is 0 Å². The van der Waals surface area contributed by atoms with E-state index in [1.807, 2.05) is 29.3 Å². The number of amides is 1. The lowest BCUT2D eigenvalue weighted by molar-refractivity contribution is 0.0251. The Hall–Kier alpha value is -2.77. The molecule has 2 aliphatic heterocycles. The van der Waals surface area contributed by atoms with Crippen LogP contribution in [0.4, 0.5) is 5.69 Å². The highest BCUT2D eigenvalue weighted by molar-refractivity contribution is 6.19. The number of allylic oxidation sites excluding steroid dienone is 4. The zero-order valence-corrected chi connectivity index (χ0v) is 17.6. The highest BCUT2D eigenvalue weighted by atomic mass is 35.5. The number of hydrogen-bond donors (Lipinski definition) is 2. The zero-order chi connectivity index (χ0) is 21.1. The second-order valence-electron chi connectivity index (χ2n) is 7.60. The number of β-amino-alcohol motifs (C(OH)–C–C–N with tert-alkyl or cyclic N) is 1. The summed E-state index contributed by atoms with van der Waals surface area (Å²) in [6.45, 7) is 7.02. The number of anilines is 1. The SMILES string of the molecule is C=C/C(=C\C=C(/CCl)N1CC(O)C1)NC(=O)c1cnn2ccc(N3CCCC3)cc12. The van der Waals surface area contributed by atoms with E-state index in [2.05, 4.69) is 21.9 Å². The van der Waals surface area contributed by atoms with Crippen molar-refractivity contribution in [3.05, 3.63) is 66.3 Å². The molecule has 7 nitrogen and oxygen atoms in total. The Balaban J connectivity index is 1.52. The van der Waals surface area contributed by atoms with Crippen LogP contribution in [0.2, 0.25) is 0 Å². The van der Waals surface area contributed by atoms with Crippen LogP contribution < -0.4 is 10.2 Å². The summed E-state index contributed by atoms with van der Waals surface area (Å²) in [5.41, 5.74) is 3.85. The molecule has 0 atom stereocenters. The monoisotopic (exact) mass is 427 g/mol. The minimum atomic E-state index is -0.305. The fourth-order valence-corrected chi connectivity index (χ4v) is 4.04. The van der Waals surface area contributed by atoms with Gasteiger partial charge in [0.25, 0.3) is 5.91 Å². The Morgan fingerprint density at radius 3 is 2.77 bits per heavy atom. The van der Waals surface area contributed by atoms with Crippen molar-refractivity contribution in [1.29, 1.82) is 0 Å². The predicted octanol–water partition coefficient (Wildman–Crippen LogP) is 2.53. The molecule has 4 rings (SSSR count). The lowest BCUT2D eigenvalue weighted by Crippen LogP contribution is -2.50. The Kier molecular flexibility index (Phi) is 6.11. The Bertz CT molecular complexity index is 1000. The number of likely N-dealkylation sites (tertiary alicyclic amines) is 1. The molecule has 0 spiro atoms. The first-order chi connectivity index (χ1) is 14.6. The standard InChI is InChI=1S/C22H26ClN5O2/c1-2-16(5-6-18(12-23)27-14-19(29)15-27)25-22(30)20-13-24-28-10-7-17(11-21(20)28)26-8-3-4-9-26/h2,5-7,10-11,13,19,29H,1,3-4,8-9,12,14-15H2,(H,25,30)/b16-5+,18-6+. The Labute approximate surface area is 180 Å². The van der Waals surface area contributed by atoms with Crippen molar-refractivity contribution in [2.24, 2.45) is 0 Å². The van der Waals surface area contributed by atoms with E-state index in [0.29, 0.717) is 30.2 Å². The Morgan fingerprint density at radius 2 is 2.10 bits per heavy atom. The highest BCUT2D eigenvalue weighted by Gasteiger charge is 2.25. The lowest BCUT2D eigenvalue weighted by atomic mass is 10.1. The maximum atomic E-state index is 12.9. The number of alkyl halides is 1. The van der Waals surface area contributed by atoms with Crippen LogP contribution in [-0.4, -0.2) is 63.7 Å². The fraction of sp³-hybridized carbons (Fsp3) is 0.364. The predicted molar refractivity (Wildman–Crippen MR) is 119 cm³/mol. The number of carbonyl (C=O) groups is 1. The van der Waals surface area contributed by atoms with E-state index < -0.39 is 0 Å². The minimum absolute atomic E-state index is 0.241. The fourth-order valence-electron chi connectivity index (χ4n) is 3.79. The number of aromatic nitrogens is 2. The zero-order valence-electron chi connectivity index (χ0n) is 16.8. The summed E-state index contributed by atoms with van der Waals surface area (Å²) >= 11 is 6.02. The molecule has 4 heterocycles. The van der Waals surface area contributed by atoms with Gasteiger partial charge in [-0.25, -0.2) is 4.52 Å². The minimum Gasteiger partial charge on any atom is -0.389 e. The van der Waals surface area contributed by atoms with E-state index in [9.17, 15) is 9.90 Å². The molecular formula is C22H26ClN5O2. The molecule has 30 heavy (non-hydrogen) atoms. The summed E-state index contributed by atoms with van der Waals surface area (Å²) < 4.78 is 1.71. The van der Waals surface area contributed by atoms with Crippen molar-refractivity contribution in [3.8, 4) is 0 Å². The molecule has 0 saturated carbocycles. The van der Waals surface area contributed by atoms with Gasteiger partial charge in [0.15, 0.2) is 0 Å². The van der Waals surface area contributed by atoms with Crippen LogP contribution in [0.1, 0.15) is 23.2 Å². The lowest BCUT2D eigenvalue weighted by Gasteiger charge is -2.38. The number of hydrogen-bond acceptors (Lipinski definition) is 5. The van der Waals surface area contributed by atoms with Crippen molar-refractivity contribution >= 4 is 28.7 Å². The third-order valence-corrected chi connectivity index (χ3v) is 5.83. The number of aliphatic hydroxyl groups excluding tert-OH is 1. The molecule has 0 aromatic carbocycles. The molecule has 1 amide bonds. The molecule has 2 aliphatic rings. The number of fused-ring (bicyclic) bond motifs is 1. The number of carbonyl (C=O) groups excluding carboxylic acids is 1. The third-order valence-electron chi connectivity index (χ3n) is 5.56. The molecule has 0 radical (unpaired) electrons. The van der Waals surface area contributed by atoms with Crippen LogP contribution in [0.3, 0.4) is 0 Å². The molecule has 2 aromatic heterocycles. The maximum Gasteiger partial charge on any atom is 0.259 e. The number of nitrogens with one attached hydrogen (secondary N) is 1. The van der Waals surface area contributed by atoms with Crippen molar-refractivity contribution in [2.45, 2.75) is 18.9 Å². The van der Waals surface area contributed by atoms with E-state index in [-0.39, 0.29) is 12.0 Å². The second-order valence-corrected chi connectivity index (χ2v) is 7.87. The Morgan fingerprint density at radius 1 is 1.33 bits per heavy atom. The molecule has 8 heteroatoms. The van der Waals surface area contributed by atoms with Gasteiger partial charge in [-0.3, -0.25) is 4.79 Å². The molecular weight excluding hydrogens is 402 g/mol. The normalized spacial score (nSPS) is 18.1. The quantitative estimate of drug-likeness (QED) is 0.524. The van der Waals surface area contributed by atoms with Crippen LogP contribution in [0.5, 0.6) is 0 Å². The molecule has 2 fully saturated rings. The number of halogens is 1.